The summed E-state index contributed by atoms with van der Waals surface area (Å²) in [4.78, 5) is 29.3. The maximum atomic E-state index is 13.9. The summed E-state index contributed by atoms with van der Waals surface area (Å²) in [6.45, 7) is 4.59. The van der Waals surface area contributed by atoms with Crippen LogP contribution in [0.25, 0.3) is 0 Å². The number of halogens is 1. The number of hydrogen-bond acceptors (Lipinski definition) is 5. The van der Waals surface area contributed by atoms with Gasteiger partial charge in [-0.1, -0.05) is 54.6 Å². The standard InChI is InChI=1S/C33H40FN3O5S/c1-2-42-24-8-21-35-33(39)32(28-9-4-3-5-10-28)37(25-27-11-16-29(34)17-12-27)31(38)20-15-26-13-18-30(19-14-26)43(40,41)36-22-6-7-23-36/h3-5,9-14,16-19,32H,2,6-8,15,20-25H2,1H3,(H,35,39). The summed E-state index contributed by atoms with van der Waals surface area (Å²) in [5.74, 6) is -0.950. The number of amides is 2. The Morgan fingerprint density at radius 2 is 1.60 bits per heavy atom. The molecule has 0 aromatic heterocycles. The average Bonchev–Trinajstić information content (AvgIpc) is 3.58. The Hall–Kier alpha value is -3.60. The molecule has 1 saturated heterocycles. The molecule has 3 aromatic carbocycles. The lowest BCUT2D eigenvalue weighted by Crippen LogP contribution is -2.43. The second-order valence-corrected chi connectivity index (χ2v) is 12.5. The van der Waals surface area contributed by atoms with Gasteiger partial charge in [-0.2, -0.15) is 4.31 Å². The molecule has 1 fully saturated rings. The van der Waals surface area contributed by atoms with E-state index in [4.69, 9.17) is 4.74 Å². The Morgan fingerprint density at radius 1 is 0.953 bits per heavy atom. The molecule has 0 spiro atoms. The second-order valence-electron chi connectivity index (χ2n) is 10.6. The van der Waals surface area contributed by atoms with Gasteiger partial charge in [0.15, 0.2) is 0 Å². The predicted molar refractivity (Wildman–Crippen MR) is 163 cm³/mol. The van der Waals surface area contributed by atoms with Gasteiger partial charge in [0.05, 0.1) is 4.90 Å². The van der Waals surface area contributed by atoms with Gasteiger partial charge < -0.3 is 15.0 Å². The first kappa shape index (κ1) is 32.3. The molecule has 0 saturated carbocycles. The number of carbonyl (C=O) groups is 2. The van der Waals surface area contributed by atoms with Crippen LogP contribution in [0.5, 0.6) is 0 Å². The Labute approximate surface area is 253 Å². The highest BCUT2D eigenvalue weighted by molar-refractivity contribution is 7.89. The van der Waals surface area contributed by atoms with E-state index in [0.717, 1.165) is 18.4 Å². The third-order valence-corrected chi connectivity index (χ3v) is 9.40. The van der Waals surface area contributed by atoms with Gasteiger partial charge in [0.1, 0.15) is 11.9 Å². The van der Waals surface area contributed by atoms with E-state index in [1.807, 2.05) is 37.3 Å². The molecule has 1 N–H and O–H groups in total. The minimum Gasteiger partial charge on any atom is -0.382 e. The molecule has 2 amide bonds. The van der Waals surface area contributed by atoms with Crippen LogP contribution < -0.4 is 5.32 Å². The van der Waals surface area contributed by atoms with Gasteiger partial charge in [0, 0.05) is 45.8 Å². The average molecular weight is 610 g/mol. The second kappa shape index (κ2) is 15.7. The first-order chi connectivity index (χ1) is 20.8. The summed E-state index contributed by atoms with van der Waals surface area (Å²) in [6.07, 6.45) is 2.82. The fraction of sp³-hybridized carbons (Fsp3) is 0.394. The topological polar surface area (TPSA) is 96.0 Å². The minimum absolute atomic E-state index is 0.0976. The molecule has 0 aliphatic carbocycles. The zero-order valence-electron chi connectivity index (χ0n) is 24.6. The number of aryl methyl sites for hydroxylation is 1. The first-order valence-corrected chi connectivity index (χ1v) is 16.3. The van der Waals surface area contributed by atoms with E-state index in [0.29, 0.717) is 56.8 Å². The number of nitrogens with one attached hydrogen (secondary N) is 1. The van der Waals surface area contributed by atoms with Crippen LogP contribution in [-0.4, -0.2) is 62.3 Å². The molecule has 8 nitrogen and oxygen atoms in total. The van der Waals surface area contributed by atoms with Crippen molar-refractivity contribution in [3.8, 4) is 0 Å². The molecule has 1 aliphatic rings. The van der Waals surface area contributed by atoms with Gasteiger partial charge in [-0.25, -0.2) is 12.8 Å². The monoisotopic (exact) mass is 609 g/mol. The maximum Gasteiger partial charge on any atom is 0.247 e. The molecule has 1 unspecified atom stereocenters. The van der Waals surface area contributed by atoms with Crippen molar-refractivity contribution in [2.45, 2.75) is 56.5 Å². The number of carbonyl (C=O) groups excluding carboxylic acids is 2. The van der Waals surface area contributed by atoms with Gasteiger partial charge in [-0.15, -0.1) is 0 Å². The van der Waals surface area contributed by atoms with Crippen LogP contribution in [0, 0.1) is 5.82 Å². The lowest BCUT2D eigenvalue weighted by atomic mass is 10.0. The van der Waals surface area contributed by atoms with Crippen molar-refractivity contribution < 1.29 is 27.1 Å². The molecule has 1 heterocycles. The van der Waals surface area contributed by atoms with Crippen LogP contribution in [-0.2, 0) is 37.3 Å². The van der Waals surface area contributed by atoms with Crippen LogP contribution in [0.4, 0.5) is 4.39 Å². The lowest BCUT2D eigenvalue weighted by molar-refractivity contribution is -0.141. The van der Waals surface area contributed by atoms with Crippen molar-refractivity contribution in [1.29, 1.82) is 0 Å². The molecule has 1 atom stereocenters. The highest BCUT2D eigenvalue weighted by Gasteiger charge is 2.31. The molecular weight excluding hydrogens is 569 g/mol. The third-order valence-electron chi connectivity index (χ3n) is 7.48. The smallest absolute Gasteiger partial charge is 0.247 e. The Morgan fingerprint density at radius 3 is 2.26 bits per heavy atom. The number of hydrogen-bond donors (Lipinski definition) is 1. The van der Waals surface area contributed by atoms with Crippen molar-refractivity contribution in [3.63, 3.8) is 0 Å². The van der Waals surface area contributed by atoms with Crippen molar-refractivity contribution in [1.82, 2.24) is 14.5 Å². The highest BCUT2D eigenvalue weighted by Crippen LogP contribution is 2.26. The molecule has 0 radical (unpaired) electrons. The summed E-state index contributed by atoms with van der Waals surface area (Å²) >= 11 is 0. The summed E-state index contributed by atoms with van der Waals surface area (Å²) in [5, 5.41) is 2.95. The van der Waals surface area contributed by atoms with E-state index in [1.165, 1.54) is 21.3 Å². The quantitative estimate of drug-likeness (QED) is 0.249. The number of sulfonamides is 1. The van der Waals surface area contributed by atoms with Gasteiger partial charge in [0.25, 0.3) is 0 Å². The van der Waals surface area contributed by atoms with Crippen LogP contribution in [0.15, 0.2) is 83.8 Å². The first-order valence-electron chi connectivity index (χ1n) is 14.8. The molecule has 3 aromatic rings. The fourth-order valence-electron chi connectivity index (χ4n) is 5.15. The van der Waals surface area contributed by atoms with E-state index in [9.17, 15) is 22.4 Å². The molecule has 4 rings (SSSR count). The van der Waals surface area contributed by atoms with Crippen LogP contribution in [0.1, 0.15) is 55.3 Å². The van der Waals surface area contributed by atoms with Crippen molar-refractivity contribution >= 4 is 21.8 Å². The number of ether oxygens (including phenoxy) is 1. The molecule has 10 heteroatoms. The zero-order chi connectivity index (χ0) is 30.7. The van der Waals surface area contributed by atoms with Crippen LogP contribution in [0.2, 0.25) is 0 Å². The largest absolute Gasteiger partial charge is 0.382 e. The summed E-state index contributed by atoms with van der Waals surface area (Å²) in [6, 6.07) is 20.8. The van der Waals surface area contributed by atoms with Gasteiger partial charge in [-0.3, -0.25) is 9.59 Å². The van der Waals surface area contributed by atoms with Gasteiger partial charge in [-0.05, 0) is 73.6 Å². The predicted octanol–water partition coefficient (Wildman–Crippen LogP) is 4.86. The van der Waals surface area contributed by atoms with Gasteiger partial charge >= 0.3 is 0 Å². The Bertz CT molecular complexity index is 1430. The molecular formula is C33H40FN3O5S. The van der Waals surface area contributed by atoms with E-state index >= 15 is 0 Å². The van der Waals surface area contributed by atoms with Crippen LogP contribution in [0.3, 0.4) is 0 Å². The lowest BCUT2D eigenvalue weighted by Gasteiger charge is -2.32. The third kappa shape index (κ3) is 8.95. The SMILES string of the molecule is CCOCCCNC(=O)C(c1ccccc1)N(Cc1ccc(F)cc1)C(=O)CCc1ccc(S(=O)(=O)N2CCCC2)cc1. The van der Waals surface area contributed by atoms with E-state index < -0.39 is 16.1 Å². The number of rotatable bonds is 15. The molecule has 1 aliphatic heterocycles. The molecule has 0 bridgehead atoms. The normalized spacial score (nSPS) is 14.4. The Balaban J connectivity index is 1.53. The van der Waals surface area contributed by atoms with Crippen molar-refractivity contribution in [2.75, 3.05) is 32.8 Å². The summed E-state index contributed by atoms with van der Waals surface area (Å²) < 4.78 is 46.3. The maximum absolute atomic E-state index is 13.9. The Kier molecular flexibility index (Phi) is 11.8. The van der Waals surface area contributed by atoms with E-state index in [-0.39, 0.29) is 35.5 Å². The molecule has 230 valence electrons. The molecule has 43 heavy (non-hydrogen) atoms. The van der Waals surface area contributed by atoms with E-state index in [1.54, 1.807) is 36.4 Å². The highest BCUT2D eigenvalue weighted by atomic mass is 32.2. The van der Waals surface area contributed by atoms with E-state index in [2.05, 4.69) is 5.32 Å². The van der Waals surface area contributed by atoms with Gasteiger partial charge in [0.2, 0.25) is 21.8 Å². The number of nitrogens with zero attached hydrogens (tertiary/aromatic N) is 2. The summed E-state index contributed by atoms with van der Waals surface area (Å²) in [7, 11) is -3.52. The summed E-state index contributed by atoms with van der Waals surface area (Å²) in [5.41, 5.74) is 2.17. The minimum atomic E-state index is -3.52. The van der Waals surface area contributed by atoms with Crippen molar-refractivity contribution in [2.24, 2.45) is 0 Å². The van der Waals surface area contributed by atoms with Crippen molar-refractivity contribution in [3.05, 3.63) is 101 Å². The number of benzene rings is 3. The van der Waals surface area contributed by atoms with Crippen LogP contribution >= 0.6 is 0 Å². The zero-order valence-corrected chi connectivity index (χ0v) is 25.4. The fourth-order valence-corrected chi connectivity index (χ4v) is 6.66.